The van der Waals surface area contributed by atoms with Gasteiger partial charge in [-0.25, -0.2) is 4.98 Å². The van der Waals surface area contributed by atoms with E-state index < -0.39 is 0 Å². The number of halogens is 1. The second-order valence-electron chi connectivity index (χ2n) is 6.34. The summed E-state index contributed by atoms with van der Waals surface area (Å²) in [6.07, 6.45) is 5.58. The molecule has 0 saturated heterocycles. The van der Waals surface area contributed by atoms with Crippen molar-refractivity contribution < 1.29 is 4.79 Å². The molecule has 0 N–H and O–H groups in total. The lowest BCUT2D eigenvalue weighted by Crippen LogP contribution is -2.41. The zero-order valence-corrected chi connectivity index (χ0v) is 13.7. The molecule has 1 aliphatic heterocycles. The predicted octanol–water partition coefficient (Wildman–Crippen LogP) is 3.37. The molecular formula is C18H15ClN4O. The summed E-state index contributed by atoms with van der Waals surface area (Å²) in [5, 5.41) is 0.674. The molecule has 1 aliphatic carbocycles. The van der Waals surface area contributed by atoms with Crippen LogP contribution in [0.5, 0.6) is 0 Å². The van der Waals surface area contributed by atoms with Crippen LogP contribution in [0.2, 0.25) is 5.02 Å². The Bertz CT molecular complexity index is 959. The molecule has 0 radical (unpaired) electrons. The van der Waals surface area contributed by atoms with Gasteiger partial charge in [0, 0.05) is 42.1 Å². The Balaban J connectivity index is 1.79. The van der Waals surface area contributed by atoms with Crippen LogP contribution < -0.4 is 0 Å². The minimum Gasteiger partial charge on any atom is -0.333 e. The molecule has 1 saturated carbocycles. The number of hydrogen-bond donors (Lipinski definition) is 0. The maximum absolute atomic E-state index is 13.2. The van der Waals surface area contributed by atoms with Crippen molar-refractivity contribution in [2.24, 2.45) is 0 Å². The van der Waals surface area contributed by atoms with Crippen molar-refractivity contribution in [2.45, 2.75) is 25.4 Å². The lowest BCUT2D eigenvalue weighted by molar-refractivity contribution is 0.0693. The fourth-order valence-corrected chi connectivity index (χ4v) is 3.69. The summed E-state index contributed by atoms with van der Waals surface area (Å²) < 4.78 is 2.02. The topological polar surface area (TPSA) is 51.0 Å². The van der Waals surface area contributed by atoms with E-state index in [1.807, 2.05) is 33.7 Å². The number of benzene rings is 1. The zero-order chi connectivity index (χ0) is 16.3. The minimum atomic E-state index is 0.0912. The van der Waals surface area contributed by atoms with Crippen molar-refractivity contribution in [3.8, 4) is 11.1 Å². The Morgan fingerprint density at radius 2 is 1.79 bits per heavy atom. The molecule has 3 heterocycles. The Hall–Kier alpha value is -2.40. The molecule has 2 aliphatic rings. The molecule has 1 aromatic carbocycles. The number of aromatic nitrogens is 3. The van der Waals surface area contributed by atoms with Gasteiger partial charge in [-0.1, -0.05) is 23.7 Å². The van der Waals surface area contributed by atoms with Gasteiger partial charge < -0.3 is 9.47 Å². The Morgan fingerprint density at radius 3 is 2.54 bits per heavy atom. The second-order valence-corrected chi connectivity index (χ2v) is 6.78. The largest absolute Gasteiger partial charge is 0.333 e. The van der Waals surface area contributed by atoms with Gasteiger partial charge in [0.05, 0.1) is 0 Å². The zero-order valence-electron chi connectivity index (χ0n) is 12.9. The summed E-state index contributed by atoms with van der Waals surface area (Å²) in [5.41, 5.74) is 4.08. The van der Waals surface area contributed by atoms with Crippen LogP contribution in [0, 0.1) is 0 Å². The fourth-order valence-electron chi connectivity index (χ4n) is 3.57. The molecule has 6 heteroatoms. The van der Waals surface area contributed by atoms with E-state index in [0.29, 0.717) is 16.8 Å². The number of carbonyl (C=O) groups excluding carboxylic acids is 1. The van der Waals surface area contributed by atoms with Gasteiger partial charge in [-0.3, -0.25) is 9.78 Å². The maximum Gasteiger partial charge on any atom is 0.271 e. The van der Waals surface area contributed by atoms with Gasteiger partial charge in [0.2, 0.25) is 0 Å². The first-order valence-corrected chi connectivity index (χ1v) is 8.52. The van der Waals surface area contributed by atoms with Crippen LogP contribution in [0.4, 0.5) is 0 Å². The summed E-state index contributed by atoms with van der Waals surface area (Å²) in [7, 11) is 0. The van der Waals surface area contributed by atoms with E-state index in [-0.39, 0.29) is 5.91 Å². The highest BCUT2D eigenvalue weighted by Gasteiger charge is 2.39. The predicted molar refractivity (Wildman–Crippen MR) is 92.0 cm³/mol. The van der Waals surface area contributed by atoms with Crippen LogP contribution in [-0.4, -0.2) is 37.9 Å². The first-order chi connectivity index (χ1) is 11.7. The van der Waals surface area contributed by atoms with Crippen molar-refractivity contribution in [1.82, 2.24) is 19.4 Å². The van der Waals surface area contributed by atoms with Gasteiger partial charge in [-0.2, -0.15) is 0 Å². The van der Waals surface area contributed by atoms with E-state index in [1.54, 1.807) is 12.4 Å². The lowest BCUT2D eigenvalue weighted by Gasteiger charge is -2.29. The van der Waals surface area contributed by atoms with Crippen LogP contribution in [0.1, 0.15) is 23.3 Å². The lowest BCUT2D eigenvalue weighted by atomic mass is 10.0. The van der Waals surface area contributed by atoms with Gasteiger partial charge >= 0.3 is 0 Å². The van der Waals surface area contributed by atoms with Crippen molar-refractivity contribution in [3.05, 3.63) is 47.4 Å². The van der Waals surface area contributed by atoms with Crippen LogP contribution in [-0.2, 0) is 6.54 Å². The van der Waals surface area contributed by atoms with E-state index in [0.717, 1.165) is 48.2 Å². The first-order valence-electron chi connectivity index (χ1n) is 8.14. The Labute approximate surface area is 143 Å². The molecule has 3 aromatic rings. The SMILES string of the molecule is O=C1c2c(-c3ccc(Cl)cc3)c3nccnc3n2CCN1C1CC1. The van der Waals surface area contributed by atoms with E-state index in [1.165, 1.54) is 0 Å². The van der Waals surface area contributed by atoms with Crippen LogP contribution in [0.25, 0.3) is 22.3 Å². The second kappa shape index (κ2) is 5.05. The summed E-state index contributed by atoms with van der Waals surface area (Å²) in [6.45, 7) is 1.51. The number of nitrogens with zero attached hydrogens (tertiary/aromatic N) is 4. The number of fused-ring (bicyclic) bond motifs is 3. The van der Waals surface area contributed by atoms with E-state index >= 15 is 0 Å². The molecule has 0 bridgehead atoms. The first kappa shape index (κ1) is 14.0. The molecule has 120 valence electrons. The third-order valence-corrected chi connectivity index (χ3v) is 5.08. The molecule has 1 fully saturated rings. The van der Waals surface area contributed by atoms with Gasteiger partial charge in [0.25, 0.3) is 5.91 Å². The third-order valence-electron chi connectivity index (χ3n) is 4.83. The molecule has 0 atom stereocenters. The van der Waals surface area contributed by atoms with E-state index in [9.17, 15) is 4.79 Å². The number of carbonyl (C=O) groups is 1. The molecular weight excluding hydrogens is 324 g/mol. The van der Waals surface area contributed by atoms with Gasteiger partial charge in [-0.15, -0.1) is 0 Å². The average molecular weight is 339 g/mol. The summed E-state index contributed by atoms with van der Waals surface area (Å²) in [5.74, 6) is 0.0912. The van der Waals surface area contributed by atoms with Crippen molar-refractivity contribution in [1.29, 1.82) is 0 Å². The molecule has 5 rings (SSSR count). The van der Waals surface area contributed by atoms with Crippen molar-refractivity contribution in [3.63, 3.8) is 0 Å². The third kappa shape index (κ3) is 1.97. The van der Waals surface area contributed by atoms with Crippen LogP contribution >= 0.6 is 11.6 Å². The van der Waals surface area contributed by atoms with Crippen LogP contribution in [0.3, 0.4) is 0 Å². The molecule has 0 spiro atoms. The summed E-state index contributed by atoms with van der Waals surface area (Å²) >= 11 is 6.03. The Morgan fingerprint density at radius 1 is 1.04 bits per heavy atom. The normalized spacial score (nSPS) is 17.4. The average Bonchev–Trinajstić information content (AvgIpc) is 3.38. The monoisotopic (exact) mass is 338 g/mol. The van der Waals surface area contributed by atoms with E-state index in [2.05, 4.69) is 9.97 Å². The van der Waals surface area contributed by atoms with Gasteiger partial charge in [-0.05, 0) is 30.5 Å². The molecule has 5 nitrogen and oxygen atoms in total. The highest BCUT2D eigenvalue weighted by atomic mass is 35.5. The van der Waals surface area contributed by atoms with Gasteiger partial charge in [0.1, 0.15) is 11.2 Å². The number of rotatable bonds is 2. The summed E-state index contributed by atoms with van der Waals surface area (Å²) in [4.78, 5) is 24.2. The standard InChI is InChI=1S/C18H15ClN4O/c19-12-3-1-11(2-4-12)14-15-17(21-8-7-20-15)23-10-9-22(13-5-6-13)18(24)16(14)23/h1-4,7-8,13H,5-6,9-10H2. The molecule has 0 unspecified atom stereocenters. The van der Waals surface area contributed by atoms with E-state index in [4.69, 9.17) is 11.6 Å². The smallest absolute Gasteiger partial charge is 0.271 e. The van der Waals surface area contributed by atoms with Crippen LogP contribution in [0.15, 0.2) is 36.7 Å². The minimum absolute atomic E-state index is 0.0912. The Kier molecular flexibility index (Phi) is 2.94. The quantitative estimate of drug-likeness (QED) is 0.720. The van der Waals surface area contributed by atoms with Gasteiger partial charge in [0.15, 0.2) is 5.65 Å². The molecule has 1 amide bonds. The highest BCUT2D eigenvalue weighted by molar-refractivity contribution is 6.30. The number of amides is 1. The highest BCUT2D eigenvalue weighted by Crippen LogP contribution is 2.38. The van der Waals surface area contributed by atoms with Crippen molar-refractivity contribution in [2.75, 3.05) is 6.54 Å². The maximum atomic E-state index is 13.2. The molecule has 24 heavy (non-hydrogen) atoms. The summed E-state index contributed by atoms with van der Waals surface area (Å²) in [6, 6.07) is 7.97. The fraction of sp³-hybridized carbons (Fsp3) is 0.278. The van der Waals surface area contributed by atoms with Crippen molar-refractivity contribution >= 4 is 28.7 Å². The number of hydrogen-bond acceptors (Lipinski definition) is 3. The molecule has 2 aromatic heterocycles.